The first kappa shape index (κ1) is 13.8. The fourth-order valence-corrected chi connectivity index (χ4v) is 2.11. The summed E-state index contributed by atoms with van der Waals surface area (Å²) in [4.78, 5) is 4.73. The molecule has 0 heterocycles. The molecule has 0 saturated heterocycles. The fraction of sp³-hybridized carbons (Fsp3) is 0.118. The lowest BCUT2D eigenvalue weighted by atomic mass is 10.1. The molecule has 0 amide bonds. The Kier molecular flexibility index (Phi) is 4.69. The number of aliphatic imine (C=N–C) groups is 1. The molecule has 2 aromatic carbocycles. The largest absolute Gasteiger partial charge is 0.253 e. The van der Waals surface area contributed by atoms with Crippen LogP contribution in [0.3, 0.4) is 0 Å². The van der Waals surface area contributed by atoms with E-state index in [1.807, 2.05) is 50.3 Å². The molecular weight excluding hydrogens is 298 g/mol. The van der Waals surface area contributed by atoms with Crippen LogP contribution in [0.4, 0.5) is 0 Å². The highest BCUT2D eigenvalue weighted by atomic mass is 79.9. The molecule has 96 valence electrons. The van der Waals surface area contributed by atoms with E-state index in [-0.39, 0.29) is 0 Å². The standard InChI is InChI=1S/C17H16BrN/c1-3-17(15-7-5-4-6-8-15)19-13(2)14-9-11-16(18)12-10-14/h3-12H,1-2H3/b17-3-,19-13?. The number of nitrogens with zero attached hydrogens (tertiary/aromatic N) is 1. The molecule has 0 unspecified atom stereocenters. The molecule has 2 rings (SSSR count). The van der Waals surface area contributed by atoms with Crippen LogP contribution in [-0.2, 0) is 0 Å². The summed E-state index contributed by atoms with van der Waals surface area (Å²) < 4.78 is 1.08. The molecular formula is C17H16BrN. The second-order valence-electron chi connectivity index (χ2n) is 4.24. The second-order valence-corrected chi connectivity index (χ2v) is 5.16. The molecule has 19 heavy (non-hydrogen) atoms. The fourth-order valence-electron chi connectivity index (χ4n) is 1.84. The van der Waals surface area contributed by atoms with Crippen molar-refractivity contribution in [2.24, 2.45) is 4.99 Å². The molecule has 0 aliphatic heterocycles. The average molecular weight is 314 g/mol. The van der Waals surface area contributed by atoms with Gasteiger partial charge in [0.15, 0.2) is 0 Å². The van der Waals surface area contributed by atoms with E-state index in [0.29, 0.717) is 0 Å². The first-order valence-electron chi connectivity index (χ1n) is 6.23. The zero-order valence-corrected chi connectivity index (χ0v) is 12.7. The third-order valence-corrected chi connectivity index (χ3v) is 3.42. The van der Waals surface area contributed by atoms with Gasteiger partial charge in [-0.25, -0.2) is 0 Å². The van der Waals surface area contributed by atoms with Gasteiger partial charge in [-0.05, 0) is 37.1 Å². The smallest absolute Gasteiger partial charge is 0.0662 e. The topological polar surface area (TPSA) is 12.4 Å². The van der Waals surface area contributed by atoms with Crippen LogP contribution in [0.25, 0.3) is 5.70 Å². The van der Waals surface area contributed by atoms with Crippen molar-refractivity contribution in [3.8, 4) is 0 Å². The molecule has 2 aromatic rings. The van der Waals surface area contributed by atoms with Gasteiger partial charge in [-0.2, -0.15) is 0 Å². The molecule has 0 aliphatic rings. The van der Waals surface area contributed by atoms with Crippen LogP contribution in [0.15, 0.2) is 70.1 Å². The Morgan fingerprint density at radius 2 is 1.58 bits per heavy atom. The van der Waals surface area contributed by atoms with Crippen molar-refractivity contribution in [1.29, 1.82) is 0 Å². The average Bonchev–Trinajstić information content (AvgIpc) is 2.46. The van der Waals surface area contributed by atoms with E-state index in [9.17, 15) is 0 Å². The zero-order chi connectivity index (χ0) is 13.7. The van der Waals surface area contributed by atoms with Gasteiger partial charge in [0.1, 0.15) is 0 Å². The van der Waals surface area contributed by atoms with Crippen LogP contribution in [-0.4, -0.2) is 5.71 Å². The Labute approximate surface area is 122 Å². The summed E-state index contributed by atoms with van der Waals surface area (Å²) in [6, 6.07) is 18.4. The normalized spacial score (nSPS) is 12.6. The molecule has 0 aliphatic carbocycles. The van der Waals surface area contributed by atoms with Crippen LogP contribution in [0.5, 0.6) is 0 Å². The summed E-state index contributed by atoms with van der Waals surface area (Å²) in [6.07, 6.45) is 2.04. The number of benzene rings is 2. The highest BCUT2D eigenvalue weighted by molar-refractivity contribution is 9.10. The van der Waals surface area contributed by atoms with Crippen molar-refractivity contribution in [2.45, 2.75) is 13.8 Å². The molecule has 0 spiro atoms. The van der Waals surface area contributed by atoms with E-state index >= 15 is 0 Å². The minimum Gasteiger partial charge on any atom is -0.253 e. The minimum atomic E-state index is 1.00. The van der Waals surface area contributed by atoms with Crippen LogP contribution in [0, 0.1) is 0 Å². The van der Waals surface area contributed by atoms with Gasteiger partial charge in [-0.15, -0.1) is 0 Å². The van der Waals surface area contributed by atoms with E-state index in [1.165, 1.54) is 0 Å². The van der Waals surface area contributed by atoms with Gasteiger partial charge in [-0.3, -0.25) is 4.99 Å². The van der Waals surface area contributed by atoms with Crippen LogP contribution >= 0.6 is 15.9 Å². The Hall–Kier alpha value is -1.67. The minimum absolute atomic E-state index is 1.00. The van der Waals surface area contributed by atoms with Crippen molar-refractivity contribution in [2.75, 3.05) is 0 Å². The number of hydrogen-bond donors (Lipinski definition) is 0. The number of hydrogen-bond acceptors (Lipinski definition) is 1. The van der Waals surface area contributed by atoms with E-state index in [1.54, 1.807) is 0 Å². The van der Waals surface area contributed by atoms with Gasteiger partial charge >= 0.3 is 0 Å². The first-order chi connectivity index (χ1) is 9.20. The number of allylic oxidation sites excluding steroid dienone is 1. The van der Waals surface area contributed by atoms with E-state index < -0.39 is 0 Å². The molecule has 1 nitrogen and oxygen atoms in total. The monoisotopic (exact) mass is 313 g/mol. The van der Waals surface area contributed by atoms with Crippen molar-refractivity contribution in [3.63, 3.8) is 0 Å². The highest BCUT2D eigenvalue weighted by Crippen LogP contribution is 2.18. The third kappa shape index (κ3) is 3.65. The van der Waals surface area contributed by atoms with Gasteiger partial charge in [0.2, 0.25) is 0 Å². The summed E-state index contributed by atoms with van der Waals surface area (Å²) in [5, 5.41) is 0. The van der Waals surface area contributed by atoms with Crippen LogP contribution in [0.2, 0.25) is 0 Å². The second kappa shape index (κ2) is 6.48. The predicted molar refractivity (Wildman–Crippen MR) is 86.4 cm³/mol. The van der Waals surface area contributed by atoms with Gasteiger partial charge in [0, 0.05) is 10.2 Å². The summed E-state index contributed by atoms with van der Waals surface area (Å²) >= 11 is 3.44. The van der Waals surface area contributed by atoms with E-state index in [0.717, 1.165) is 27.0 Å². The van der Waals surface area contributed by atoms with E-state index in [2.05, 4.69) is 40.2 Å². The molecule has 0 bridgehead atoms. The molecule has 0 atom stereocenters. The van der Waals surface area contributed by atoms with Gasteiger partial charge < -0.3 is 0 Å². The van der Waals surface area contributed by atoms with Crippen LogP contribution < -0.4 is 0 Å². The Morgan fingerprint density at radius 1 is 0.947 bits per heavy atom. The maximum Gasteiger partial charge on any atom is 0.0662 e. The molecule has 0 fully saturated rings. The maximum atomic E-state index is 4.73. The Balaban J connectivity index is 2.31. The molecule has 0 N–H and O–H groups in total. The molecule has 0 saturated carbocycles. The molecule has 0 aromatic heterocycles. The van der Waals surface area contributed by atoms with Crippen molar-refractivity contribution in [1.82, 2.24) is 0 Å². The van der Waals surface area contributed by atoms with Gasteiger partial charge in [0.25, 0.3) is 0 Å². The quantitative estimate of drug-likeness (QED) is 0.680. The first-order valence-corrected chi connectivity index (χ1v) is 7.03. The van der Waals surface area contributed by atoms with Gasteiger partial charge in [-0.1, -0.05) is 64.5 Å². The van der Waals surface area contributed by atoms with Crippen molar-refractivity contribution < 1.29 is 0 Å². The third-order valence-electron chi connectivity index (χ3n) is 2.89. The maximum absolute atomic E-state index is 4.73. The number of rotatable bonds is 3. The lowest BCUT2D eigenvalue weighted by Gasteiger charge is -2.05. The van der Waals surface area contributed by atoms with Gasteiger partial charge in [0.05, 0.1) is 5.70 Å². The highest BCUT2D eigenvalue weighted by Gasteiger charge is 2.01. The summed E-state index contributed by atoms with van der Waals surface area (Å²) in [5.74, 6) is 0. The van der Waals surface area contributed by atoms with Crippen molar-refractivity contribution >= 4 is 27.3 Å². The summed E-state index contributed by atoms with van der Waals surface area (Å²) in [6.45, 7) is 4.05. The molecule has 2 heteroatoms. The summed E-state index contributed by atoms with van der Waals surface area (Å²) in [7, 11) is 0. The predicted octanol–water partition coefficient (Wildman–Crippen LogP) is 5.32. The zero-order valence-electron chi connectivity index (χ0n) is 11.1. The Bertz CT molecular complexity index is 595. The SMILES string of the molecule is C/C=C(\N=C(C)c1ccc(Br)cc1)c1ccccc1. The Morgan fingerprint density at radius 3 is 2.16 bits per heavy atom. The van der Waals surface area contributed by atoms with Crippen LogP contribution in [0.1, 0.15) is 25.0 Å². The lowest BCUT2D eigenvalue weighted by Crippen LogP contribution is -1.95. The van der Waals surface area contributed by atoms with Crippen molar-refractivity contribution in [3.05, 3.63) is 76.3 Å². The molecule has 0 radical (unpaired) electrons. The lowest BCUT2D eigenvalue weighted by molar-refractivity contribution is 1.45. The summed E-state index contributed by atoms with van der Waals surface area (Å²) in [5.41, 5.74) is 4.30. The van der Waals surface area contributed by atoms with E-state index in [4.69, 9.17) is 4.99 Å². The number of halogens is 1.